The van der Waals surface area contributed by atoms with E-state index in [2.05, 4.69) is 26.3 Å². The van der Waals surface area contributed by atoms with E-state index in [1.165, 1.54) is 38.8 Å². The molecule has 1 aromatic heterocycles. The van der Waals surface area contributed by atoms with Crippen LogP contribution in [0.1, 0.15) is 37.2 Å². The minimum absolute atomic E-state index is 0.569. The van der Waals surface area contributed by atoms with Gasteiger partial charge in [-0.05, 0) is 39.7 Å². The van der Waals surface area contributed by atoms with Crippen molar-refractivity contribution in [3.05, 3.63) is 17.6 Å². The molecule has 4 heteroatoms. The molecule has 98 valence electrons. The Balaban J connectivity index is 1.72. The Hall–Kier alpha value is -1.16. The van der Waals surface area contributed by atoms with Gasteiger partial charge in [0.05, 0.1) is 0 Å². The first-order valence-electron chi connectivity index (χ1n) is 7.05. The Labute approximate surface area is 109 Å². The third kappa shape index (κ3) is 2.34. The van der Waals surface area contributed by atoms with E-state index in [4.69, 9.17) is 0 Å². The van der Waals surface area contributed by atoms with E-state index in [1.807, 2.05) is 13.8 Å². The molecule has 2 atom stereocenters. The van der Waals surface area contributed by atoms with Crippen molar-refractivity contribution in [1.82, 2.24) is 14.9 Å². The van der Waals surface area contributed by atoms with E-state index in [-0.39, 0.29) is 0 Å². The van der Waals surface area contributed by atoms with E-state index in [0.29, 0.717) is 12.1 Å². The largest absolute Gasteiger partial charge is 0.366 e. The zero-order valence-corrected chi connectivity index (χ0v) is 11.3. The summed E-state index contributed by atoms with van der Waals surface area (Å²) in [5.74, 6) is 1.86. The SMILES string of the molecule is Cc1cc(NC2CCN3CCCCC23)nc(C)n1. The molecule has 0 aromatic carbocycles. The summed E-state index contributed by atoms with van der Waals surface area (Å²) in [7, 11) is 0. The van der Waals surface area contributed by atoms with Crippen LogP contribution in [0.15, 0.2) is 6.07 Å². The smallest absolute Gasteiger partial charge is 0.130 e. The molecule has 0 saturated carbocycles. The highest BCUT2D eigenvalue weighted by Gasteiger charge is 2.35. The summed E-state index contributed by atoms with van der Waals surface area (Å²) in [5, 5.41) is 3.63. The van der Waals surface area contributed by atoms with Gasteiger partial charge in [0, 0.05) is 30.4 Å². The first-order valence-corrected chi connectivity index (χ1v) is 7.05. The predicted molar refractivity (Wildman–Crippen MR) is 72.7 cm³/mol. The topological polar surface area (TPSA) is 41.0 Å². The third-order valence-corrected chi connectivity index (χ3v) is 4.16. The maximum atomic E-state index is 4.49. The van der Waals surface area contributed by atoms with Crippen LogP contribution in [0.4, 0.5) is 5.82 Å². The fourth-order valence-electron chi connectivity index (χ4n) is 3.40. The van der Waals surface area contributed by atoms with Crippen molar-refractivity contribution in [1.29, 1.82) is 0 Å². The van der Waals surface area contributed by atoms with Crippen LogP contribution in [0.2, 0.25) is 0 Å². The van der Waals surface area contributed by atoms with Crippen molar-refractivity contribution >= 4 is 5.82 Å². The number of fused-ring (bicyclic) bond motifs is 1. The highest BCUT2D eigenvalue weighted by Crippen LogP contribution is 2.29. The summed E-state index contributed by atoms with van der Waals surface area (Å²) >= 11 is 0. The molecule has 0 amide bonds. The molecule has 1 N–H and O–H groups in total. The first-order chi connectivity index (χ1) is 8.72. The highest BCUT2D eigenvalue weighted by atomic mass is 15.2. The second-order valence-corrected chi connectivity index (χ2v) is 5.58. The van der Waals surface area contributed by atoms with Gasteiger partial charge in [0.1, 0.15) is 11.6 Å². The number of nitrogens with zero attached hydrogens (tertiary/aromatic N) is 3. The molecule has 2 saturated heterocycles. The molecule has 4 nitrogen and oxygen atoms in total. The van der Waals surface area contributed by atoms with Gasteiger partial charge in [-0.1, -0.05) is 6.42 Å². The fourth-order valence-corrected chi connectivity index (χ4v) is 3.40. The number of nitrogens with one attached hydrogen (secondary N) is 1. The normalized spacial score (nSPS) is 28.1. The Morgan fingerprint density at radius 3 is 2.89 bits per heavy atom. The van der Waals surface area contributed by atoms with E-state index in [0.717, 1.165) is 17.3 Å². The van der Waals surface area contributed by atoms with Crippen LogP contribution in [-0.4, -0.2) is 40.0 Å². The van der Waals surface area contributed by atoms with Crippen LogP contribution >= 0.6 is 0 Å². The zero-order chi connectivity index (χ0) is 12.5. The molecule has 2 fully saturated rings. The molecule has 3 rings (SSSR count). The highest BCUT2D eigenvalue weighted by molar-refractivity contribution is 5.37. The number of piperidine rings is 1. The van der Waals surface area contributed by atoms with Gasteiger partial charge in [-0.3, -0.25) is 4.90 Å². The van der Waals surface area contributed by atoms with Gasteiger partial charge in [0.25, 0.3) is 0 Å². The Kier molecular flexibility index (Phi) is 3.20. The second kappa shape index (κ2) is 4.84. The maximum absolute atomic E-state index is 4.49. The number of anilines is 1. The Morgan fingerprint density at radius 1 is 1.17 bits per heavy atom. The van der Waals surface area contributed by atoms with Gasteiger partial charge in [-0.25, -0.2) is 9.97 Å². The average molecular weight is 246 g/mol. The molecule has 2 aliphatic rings. The molecule has 3 heterocycles. The van der Waals surface area contributed by atoms with Gasteiger partial charge in [-0.15, -0.1) is 0 Å². The molecule has 0 bridgehead atoms. The standard InChI is InChI=1S/C14H22N4/c1-10-9-14(16-11(2)15-10)17-12-6-8-18-7-4-3-5-13(12)18/h9,12-13H,3-8H2,1-2H3,(H,15,16,17). The fraction of sp³-hybridized carbons (Fsp3) is 0.714. The van der Waals surface area contributed by atoms with Crippen molar-refractivity contribution in [2.75, 3.05) is 18.4 Å². The van der Waals surface area contributed by atoms with E-state index in [9.17, 15) is 0 Å². The average Bonchev–Trinajstić information content (AvgIpc) is 2.72. The number of rotatable bonds is 2. The lowest BCUT2D eigenvalue weighted by Gasteiger charge is -2.32. The van der Waals surface area contributed by atoms with Crippen LogP contribution in [0.5, 0.6) is 0 Å². The summed E-state index contributed by atoms with van der Waals surface area (Å²) in [6, 6.07) is 3.34. The van der Waals surface area contributed by atoms with Gasteiger partial charge in [-0.2, -0.15) is 0 Å². The number of hydrogen-bond donors (Lipinski definition) is 1. The summed E-state index contributed by atoms with van der Waals surface area (Å²) in [6.07, 6.45) is 5.32. The van der Waals surface area contributed by atoms with Gasteiger partial charge >= 0.3 is 0 Å². The van der Waals surface area contributed by atoms with E-state index in [1.54, 1.807) is 0 Å². The lowest BCUT2D eigenvalue weighted by atomic mass is 9.99. The van der Waals surface area contributed by atoms with Crippen LogP contribution < -0.4 is 5.32 Å². The lowest BCUT2D eigenvalue weighted by molar-refractivity contribution is 0.192. The minimum Gasteiger partial charge on any atom is -0.366 e. The van der Waals surface area contributed by atoms with Crippen molar-refractivity contribution in [3.8, 4) is 0 Å². The van der Waals surface area contributed by atoms with Crippen molar-refractivity contribution in [3.63, 3.8) is 0 Å². The van der Waals surface area contributed by atoms with Crippen LogP contribution in [0, 0.1) is 13.8 Å². The quantitative estimate of drug-likeness (QED) is 0.868. The summed E-state index contributed by atoms with van der Waals surface area (Å²) in [6.45, 7) is 6.51. The summed E-state index contributed by atoms with van der Waals surface area (Å²) in [5.41, 5.74) is 1.04. The minimum atomic E-state index is 0.569. The van der Waals surface area contributed by atoms with Gasteiger partial charge in [0.15, 0.2) is 0 Å². The predicted octanol–water partition coefficient (Wildman–Crippen LogP) is 2.13. The molecular weight excluding hydrogens is 224 g/mol. The van der Waals surface area contributed by atoms with Crippen LogP contribution in [-0.2, 0) is 0 Å². The van der Waals surface area contributed by atoms with Crippen LogP contribution in [0.3, 0.4) is 0 Å². The molecule has 0 radical (unpaired) electrons. The summed E-state index contributed by atoms with van der Waals surface area (Å²) < 4.78 is 0. The molecule has 2 aliphatic heterocycles. The lowest BCUT2D eigenvalue weighted by Crippen LogP contribution is -2.41. The monoisotopic (exact) mass is 246 g/mol. The van der Waals surface area contributed by atoms with E-state index >= 15 is 0 Å². The molecular formula is C14H22N4. The Morgan fingerprint density at radius 2 is 2.06 bits per heavy atom. The number of aromatic nitrogens is 2. The molecule has 1 aromatic rings. The third-order valence-electron chi connectivity index (χ3n) is 4.16. The Bertz CT molecular complexity index is 412. The van der Waals surface area contributed by atoms with Gasteiger partial charge in [0.2, 0.25) is 0 Å². The van der Waals surface area contributed by atoms with E-state index < -0.39 is 0 Å². The first kappa shape index (κ1) is 11.9. The van der Waals surface area contributed by atoms with Gasteiger partial charge < -0.3 is 5.32 Å². The van der Waals surface area contributed by atoms with Crippen LogP contribution in [0.25, 0.3) is 0 Å². The number of aryl methyl sites for hydroxylation is 2. The van der Waals surface area contributed by atoms with Crippen molar-refractivity contribution in [2.45, 2.75) is 51.6 Å². The maximum Gasteiger partial charge on any atom is 0.130 e. The second-order valence-electron chi connectivity index (χ2n) is 5.58. The molecule has 2 unspecified atom stereocenters. The summed E-state index contributed by atoms with van der Waals surface area (Å²) in [4.78, 5) is 11.5. The molecule has 0 spiro atoms. The molecule has 18 heavy (non-hydrogen) atoms. The van der Waals surface area contributed by atoms with Crippen molar-refractivity contribution in [2.24, 2.45) is 0 Å². The zero-order valence-electron chi connectivity index (χ0n) is 11.3. The number of hydrogen-bond acceptors (Lipinski definition) is 4. The van der Waals surface area contributed by atoms with Crippen molar-refractivity contribution < 1.29 is 0 Å². The molecule has 0 aliphatic carbocycles.